The fourth-order valence-electron chi connectivity index (χ4n) is 4.16. The first-order valence-corrected chi connectivity index (χ1v) is 11.3. The minimum Gasteiger partial charge on any atom is -0.494 e. The zero-order chi connectivity index (χ0) is 23.4. The molecule has 0 aromatic heterocycles. The number of carboxylic acid groups (broad SMARTS) is 1. The van der Waals surface area contributed by atoms with E-state index in [1.54, 1.807) is 6.07 Å². The van der Waals surface area contributed by atoms with Crippen molar-refractivity contribution in [3.8, 4) is 16.9 Å². The minimum absolute atomic E-state index is 0.151. The van der Waals surface area contributed by atoms with E-state index in [0.29, 0.717) is 18.7 Å². The van der Waals surface area contributed by atoms with Gasteiger partial charge in [-0.1, -0.05) is 48.5 Å². The van der Waals surface area contributed by atoms with Gasteiger partial charge in [-0.2, -0.15) is 0 Å². The Labute approximate surface area is 194 Å². The Balaban J connectivity index is 1.65. The summed E-state index contributed by atoms with van der Waals surface area (Å²) < 4.78 is 5.64. The molecular weight excluding hydrogens is 410 g/mol. The van der Waals surface area contributed by atoms with E-state index in [2.05, 4.69) is 48.6 Å². The molecule has 0 spiro atoms. The third-order valence-corrected chi connectivity index (χ3v) is 5.98. The Morgan fingerprint density at radius 2 is 1.82 bits per heavy atom. The maximum absolute atomic E-state index is 11.7. The second-order valence-electron chi connectivity index (χ2n) is 8.31. The van der Waals surface area contributed by atoms with Gasteiger partial charge in [-0.15, -0.1) is 0 Å². The molecule has 0 saturated heterocycles. The van der Waals surface area contributed by atoms with Crippen molar-refractivity contribution in [1.29, 1.82) is 0 Å². The summed E-state index contributed by atoms with van der Waals surface area (Å²) in [6.07, 6.45) is 0. The molecule has 0 aliphatic heterocycles. The first-order valence-electron chi connectivity index (χ1n) is 11.3. The maximum Gasteiger partial charge on any atom is 0.335 e. The monoisotopic (exact) mass is 439 g/mol. The SMILES string of the molecule is CCOc1cccc(C(C)NCc2cc(-c3ccc(C)c(C(=O)O)c3)c3ccccc3c2)c1. The number of hydrogen-bond acceptors (Lipinski definition) is 3. The molecule has 0 aliphatic rings. The molecule has 0 heterocycles. The van der Waals surface area contributed by atoms with E-state index in [1.165, 1.54) is 5.56 Å². The summed E-state index contributed by atoms with van der Waals surface area (Å²) in [5.41, 5.74) is 5.37. The Hall–Kier alpha value is -3.63. The molecule has 0 radical (unpaired) electrons. The van der Waals surface area contributed by atoms with Crippen molar-refractivity contribution in [2.75, 3.05) is 6.61 Å². The number of aromatic carboxylic acids is 1. The average Bonchev–Trinajstić information content (AvgIpc) is 2.82. The predicted molar refractivity (Wildman–Crippen MR) is 134 cm³/mol. The fourth-order valence-corrected chi connectivity index (χ4v) is 4.16. The lowest BCUT2D eigenvalue weighted by atomic mass is 9.93. The summed E-state index contributed by atoms with van der Waals surface area (Å²) in [5, 5.41) is 15.5. The lowest BCUT2D eigenvalue weighted by Crippen LogP contribution is -2.18. The molecule has 1 atom stereocenters. The van der Waals surface area contributed by atoms with Gasteiger partial charge in [0.25, 0.3) is 0 Å². The number of fused-ring (bicyclic) bond motifs is 1. The largest absolute Gasteiger partial charge is 0.494 e. The lowest BCUT2D eigenvalue weighted by Gasteiger charge is -2.17. The van der Waals surface area contributed by atoms with Gasteiger partial charge in [-0.25, -0.2) is 4.79 Å². The third-order valence-electron chi connectivity index (χ3n) is 5.98. The molecule has 0 aliphatic carbocycles. The lowest BCUT2D eigenvalue weighted by molar-refractivity contribution is 0.0696. The van der Waals surface area contributed by atoms with Gasteiger partial charge < -0.3 is 15.2 Å². The molecule has 33 heavy (non-hydrogen) atoms. The van der Waals surface area contributed by atoms with E-state index < -0.39 is 5.97 Å². The summed E-state index contributed by atoms with van der Waals surface area (Å²) >= 11 is 0. The van der Waals surface area contributed by atoms with Gasteiger partial charge in [0.05, 0.1) is 12.2 Å². The maximum atomic E-state index is 11.7. The standard InChI is InChI=1S/C29H29NO3/c1-4-33-25-10-7-9-22(16-25)20(3)30-18-21-14-23-8-5-6-11-26(23)28(15-21)24-13-12-19(2)27(17-24)29(31)32/h5-17,20,30H,4,18H2,1-3H3,(H,31,32). The Bertz CT molecular complexity index is 1300. The van der Waals surface area contributed by atoms with Crippen LogP contribution in [0.2, 0.25) is 0 Å². The second kappa shape index (κ2) is 9.88. The Morgan fingerprint density at radius 1 is 1.00 bits per heavy atom. The molecule has 0 fully saturated rings. The first kappa shape index (κ1) is 22.6. The first-order chi connectivity index (χ1) is 16.0. The van der Waals surface area contributed by atoms with Gasteiger partial charge in [-0.05, 0) is 89.7 Å². The molecule has 4 aromatic rings. The molecule has 0 amide bonds. The van der Waals surface area contributed by atoms with Gasteiger partial charge in [-0.3, -0.25) is 0 Å². The average molecular weight is 440 g/mol. The van der Waals surface area contributed by atoms with Gasteiger partial charge >= 0.3 is 5.97 Å². The highest BCUT2D eigenvalue weighted by atomic mass is 16.5. The van der Waals surface area contributed by atoms with Crippen molar-refractivity contribution in [2.45, 2.75) is 33.4 Å². The zero-order valence-electron chi connectivity index (χ0n) is 19.3. The molecule has 168 valence electrons. The molecule has 1 unspecified atom stereocenters. The molecule has 4 aromatic carbocycles. The van der Waals surface area contributed by atoms with Crippen LogP contribution in [0.15, 0.2) is 78.9 Å². The van der Waals surface area contributed by atoms with Crippen molar-refractivity contribution in [3.63, 3.8) is 0 Å². The Kier molecular flexibility index (Phi) is 6.76. The van der Waals surface area contributed by atoms with Crippen LogP contribution in [0, 0.1) is 6.92 Å². The fraction of sp³-hybridized carbons (Fsp3) is 0.207. The number of hydrogen-bond donors (Lipinski definition) is 2. The van der Waals surface area contributed by atoms with Gasteiger partial charge in [0.1, 0.15) is 5.75 Å². The van der Waals surface area contributed by atoms with Gasteiger partial charge in [0.15, 0.2) is 0 Å². The number of benzene rings is 4. The van der Waals surface area contributed by atoms with E-state index in [-0.39, 0.29) is 6.04 Å². The van der Waals surface area contributed by atoms with E-state index in [9.17, 15) is 9.90 Å². The summed E-state index contributed by atoms with van der Waals surface area (Å²) in [7, 11) is 0. The molecular formula is C29H29NO3. The van der Waals surface area contributed by atoms with Crippen LogP contribution in [0.4, 0.5) is 0 Å². The molecule has 2 N–H and O–H groups in total. The van der Waals surface area contributed by atoms with Crippen molar-refractivity contribution < 1.29 is 14.6 Å². The molecule has 0 bridgehead atoms. The predicted octanol–water partition coefficient (Wildman–Crippen LogP) is 6.76. The van der Waals surface area contributed by atoms with E-state index in [1.807, 2.05) is 50.2 Å². The summed E-state index contributed by atoms with van der Waals surface area (Å²) in [6, 6.07) is 26.6. The second-order valence-corrected chi connectivity index (χ2v) is 8.31. The molecule has 4 rings (SSSR count). The van der Waals surface area contributed by atoms with Crippen LogP contribution in [0.5, 0.6) is 5.75 Å². The van der Waals surface area contributed by atoms with Crippen LogP contribution in [-0.4, -0.2) is 17.7 Å². The highest BCUT2D eigenvalue weighted by molar-refractivity contribution is 5.99. The zero-order valence-corrected chi connectivity index (χ0v) is 19.3. The third kappa shape index (κ3) is 5.07. The summed E-state index contributed by atoms with van der Waals surface area (Å²) in [4.78, 5) is 11.7. The number of carbonyl (C=O) groups is 1. The van der Waals surface area contributed by atoms with Crippen molar-refractivity contribution in [2.24, 2.45) is 0 Å². The normalized spacial score (nSPS) is 12.0. The Morgan fingerprint density at radius 3 is 2.61 bits per heavy atom. The van der Waals surface area contributed by atoms with Crippen molar-refractivity contribution in [1.82, 2.24) is 5.32 Å². The van der Waals surface area contributed by atoms with E-state index in [0.717, 1.165) is 38.8 Å². The van der Waals surface area contributed by atoms with Crippen LogP contribution in [0.1, 0.15) is 46.9 Å². The van der Waals surface area contributed by atoms with Crippen molar-refractivity contribution in [3.05, 3.63) is 101 Å². The van der Waals surface area contributed by atoms with Crippen LogP contribution in [-0.2, 0) is 6.54 Å². The van der Waals surface area contributed by atoms with Gasteiger partial charge in [0.2, 0.25) is 0 Å². The quantitative estimate of drug-likeness (QED) is 0.318. The van der Waals surface area contributed by atoms with Crippen LogP contribution >= 0.6 is 0 Å². The van der Waals surface area contributed by atoms with Crippen LogP contribution in [0.3, 0.4) is 0 Å². The molecule has 0 saturated carbocycles. The summed E-state index contributed by atoms with van der Waals surface area (Å²) in [5.74, 6) is -0.0233. The highest BCUT2D eigenvalue weighted by Gasteiger charge is 2.13. The van der Waals surface area contributed by atoms with Crippen LogP contribution in [0.25, 0.3) is 21.9 Å². The number of carboxylic acids is 1. The van der Waals surface area contributed by atoms with Crippen LogP contribution < -0.4 is 10.1 Å². The highest BCUT2D eigenvalue weighted by Crippen LogP contribution is 2.32. The number of aryl methyl sites for hydroxylation is 1. The minimum atomic E-state index is -0.903. The summed E-state index contributed by atoms with van der Waals surface area (Å²) in [6.45, 7) is 7.29. The topological polar surface area (TPSA) is 58.6 Å². The smallest absolute Gasteiger partial charge is 0.335 e. The number of nitrogens with one attached hydrogen (secondary N) is 1. The number of ether oxygens (including phenoxy) is 1. The molecule has 4 heteroatoms. The number of rotatable bonds is 8. The van der Waals surface area contributed by atoms with E-state index >= 15 is 0 Å². The van der Waals surface area contributed by atoms with Crippen molar-refractivity contribution >= 4 is 16.7 Å². The molecule has 4 nitrogen and oxygen atoms in total. The van der Waals surface area contributed by atoms with Gasteiger partial charge in [0, 0.05) is 12.6 Å². The van der Waals surface area contributed by atoms with E-state index in [4.69, 9.17) is 4.74 Å².